The zero-order valence-corrected chi connectivity index (χ0v) is 17.5. The van der Waals surface area contributed by atoms with Crippen molar-refractivity contribution in [1.82, 2.24) is 14.5 Å². The first-order valence-corrected chi connectivity index (χ1v) is 9.93. The molecule has 0 saturated heterocycles. The summed E-state index contributed by atoms with van der Waals surface area (Å²) in [7, 11) is 1.69. The number of halogens is 1. The average molecular weight is 414 g/mol. The molecule has 0 N–H and O–H groups in total. The molecule has 1 heterocycles. The molecule has 6 nitrogen and oxygen atoms in total. The van der Waals surface area contributed by atoms with Gasteiger partial charge in [-0.25, -0.2) is 4.98 Å². The second kappa shape index (κ2) is 9.09. The number of nitrogens with zero attached hydrogens (tertiary/aromatic N) is 3. The minimum atomic E-state index is -0.376. The summed E-state index contributed by atoms with van der Waals surface area (Å²) in [6, 6.07) is 13.7. The molecule has 3 rings (SSSR count). The lowest BCUT2D eigenvalue weighted by Gasteiger charge is -2.29. The second-order valence-electron chi connectivity index (χ2n) is 6.86. The Kier molecular flexibility index (Phi) is 6.54. The number of rotatable bonds is 7. The maximum Gasteiger partial charge on any atom is 0.261 e. The van der Waals surface area contributed by atoms with Gasteiger partial charge >= 0.3 is 0 Å². The van der Waals surface area contributed by atoms with E-state index in [2.05, 4.69) is 4.98 Å². The number of benzene rings is 2. The van der Waals surface area contributed by atoms with Gasteiger partial charge in [0.2, 0.25) is 0 Å². The maximum absolute atomic E-state index is 12.9. The lowest BCUT2D eigenvalue weighted by atomic mass is 10.2. The van der Waals surface area contributed by atoms with Crippen molar-refractivity contribution in [3.05, 3.63) is 69.7 Å². The van der Waals surface area contributed by atoms with Crippen molar-refractivity contribution in [2.45, 2.75) is 26.3 Å². The summed E-state index contributed by atoms with van der Waals surface area (Å²) < 4.78 is 7.14. The van der Waals surface area contributed by atoms with Crippen LogP contribution < -0.4 is 10.3 Å². The zero-order chi connectivity index (χ0) is 21.0. The normalized spacial score (nSPS) is 12.0. The molecule has 0 fully saturated rings. The number of ether oxygens (including phenoxy) is 1. The van der Waals surface area contributed by atoms with Gasteiger partial charge in [0.15, 0.2) is 6.61 Å². The summed E-state index contributed by atoms with van der Waals surface area (Å²) >= 11 is 5.88. The van der Waals surface area contributed by atoms with E-state index in [0.717, 1.165) is 6.42 Å². The third kappa shape index (κ3) is 4.59. The predicted molar refractivity (Wildman–Crippen MR) is 114 cm³/mol. The average Bonchev–Trinajstić information content (AvgIpc) is 2.73. The second-order valence-corrected chi connectivity index (χ2v) is 7.29. The minimum Gasteiger partial charge on any atom is -0.484 e. The van der Waals surface area contributed by atoms with Crippen LogP contribution in [0.5, 0.6) is 5.75 Å². The van der Waals surface area contributed by atoms with Gasteiger partial charge in [0, 0.05) is 18.6 Å². The van der Waals surface area contributed by atoms with Crippen LogP contribution in [-0.2, 0) is 11.8 Å². The maximum atomic E-state index is 12.9. The molecule has 0 spiro atoms. The number of fused-ring (bicyclic) bond motifs is 1. The first-order valence-electron chi connectivity index (χ1n) is 9.56. The van der Waals surface area contributed by atoms with Crippen molar-refractivity contribution in [2.75, 3.05) is 13.2 Å². The van der Waals surface area contributed by atoms with Crippen LogP contribution in [-0.4, -0.2) is 33.5 Å². The summed E-state index contributed by atoms with van der Waals surface area (Å²) in [4.78, 5) is 32.0. The van der Waals surface area contributed by atoms with Gasteiger partial charge in [0.25, 0.3) is 11.5 Å². The minimum absolute atomic E-state index is 0.104. The third-order valence-corrected chi connectivity index (χ3v) is 5.07. The number of aromatic nitrogens is 2. The van der Waals surface area contributed by atoms with Crippen LogP contribution in [0.4, 0.5) is 0 Å². The molecule has 2 aromatic carbocycles. The predicted octanol–water partition coefficient (Wildman–Crippen LogP) is 3.97. The number of carbonyl (C=O) groups is 1. The lowest BCUT2D eigenvalue weighted by Crippen LogP contribution is -2.40. The lowest BCUT2D eigenvalue weighted by molar-refractivity contribution is -0.135. The van der Waals surface area contributed by atoms with Gasteiger partial charge in [-0.3, -0.25) is 14.2 Å². The summed E-state index contributed by atoms with van der Waals surface area (Å²) in [6.45, 7) is 4.31. The standard InChI is InChI=1S/C22H24ClN3O3/c1-4-13-26(20(27)14-29-17-11-9-16(23)10-12-17)15(2)21-24-19-8-6-5-7-18(19)22(28)25(21)3/h5-12,15H,4,13-14H2,1-3H3. The van der Waals surface area contributed by atoms with E-state index < -0.39 is 0 Å². The Hall–Kier alpha value is -2.86. The molecule has 0 bridgehead atoms. The quantitative estimate of drug-likeness (QED) is 0.588. The number of hydrogen-bond donors (Lipinski definition) is 0. The Morgan fingerprint density at radius 1 is 1.21 bits per heavy atom. The molecule has 0 saturated carbocycles. The molecule has 1 unspecified atom stereocenters. The molecular formula is C22H24ClN3O3. The molecule has 7 heteroatoms. The van der Waals surface area contributed by atoms with Crippen LogP contribution in [0.1, 0.15) is 32.1 Å². The van der Waals surface area contributed by atoms with Crippen LogP contribution in [0.25, 0.3) is 10.9 Å². The Morgan fingerprint density at radius 2 is 1.90 bits per heavy atom. The fraction of sp³-hybridized carbons (Fsp3) is 0.318. The van der Waals surface area contributed by atoms with E-state index in [9.17, 15) is 9.59 Å². The van der Waals surface area contributed by atoms with E-state index in [4.69, 9.17) is 16.3 Å². The van der Waals surface area contributed by atoms with Crippen LogP contribution in [0.3, 0.4) is 0 Å². The van der Waals surface area contributed by atoms with Gasteiger partial charge in [-0.1, -0.05) is 30.7 Å². The SMILES string of the molecule is CCCN(C(=O)COc1ccc(Cl)cc1)C(C)c1nc2ccccc2c(=O)n1C. The van der Waals surface area contributed by atoms with E-state index >= 15 is 0 Å². The molecule has 1 atom stereocenters. The van der Waals surface area contributed by atoms with Crippen molar-refractivity contribution in [2.24, 2.45) is 7.05 Å². The number of carbonyl (C=O) groups excluding carboxylic acids is 1. The van der Waals surface area contributed by atoms with Gasteiger partial charge in [-0.15, -0.1) is 0 Å². The topological polar surface area (TPSA) is 64.4 Å². The van der Waals surface area contributed by atoms with Gasteiger partial charge < -0.3 is 9.64 Å². The van der Waals surface area contributed by atoms with Crippen molar-refractivity contribution >= 4 is 28.4 Å². The van der Waals surface area contributed by atoms with E-state index in [-0.39, 0.29) is 24.1 Å². The number of hydrogen-bond acceptors (Lipinski definition) is 4. The number of amides is 1. The third-order valence-electron chi connectivity index (χ3n) is 4.82. The molecule has 29 heavy (non-hydrogen) atoms. The van der Waals surface area contributed by atoms with E-state index in [1.54, 1.807) is 42.3 Å². The molecule has 3 aromatic rings. The van der Waals surface area contributed by atoms with Crippen molar-refractivity contribution in [3.63, 3.8) is 0 Å². The monoisotopic (exact) mass is 413 g/mol. The summed E-state index contributed by atoms with van der Waals surface area (Å²) in [5.74, 6) is 0.946. The van der Waals surface area contributed by atoms with Gasteiger partial charge in [-0.2, -0.15) is 0 Å². The van der Waals surface area contributed by atoms with Crippen LogP contribution in [0, 0.1) is 0 Å². The first-order chi connectivity index (χ1) is 13.9. The molecule has 0 aliphatic heterocycles. The van der Waals surface area contributed by atoms with Crippen molar-refractivity contribution < 1.29 is 9.53 Å². The zero-order valence-electron chi connectivity index (χ0n) is 16.8. The Bertz CT molecular complexity index is 1060. The first kappa shape index (κ1) is 20.9. The molecule has 152 valence electrons. The van der Waals surface area contributed by atoms with Crippen molar-refractivity contribution in [1.29, 1.82) is 0 Å². The molecule has 0 aliphatic carbocycles. The Labute approximate surface area is 174 Å². The van der Waals surface area contributed by atoms with Crippen LogP contribution in [0.15, 0.2) is 53.3 Å². The van der Waals surface area contributed by atoms with Gasteiger partial charge in [-0.05, 0) is 49.7 Å². The molecule has 0 aliphatic rings. The Morgan fingerprint density at radius 3 is 2.59 bits per heavy atom. The Balaban J connectivity index is 1.85. The van der Waals surface area contributed by atoms with E-state index in [1.807, 2.05) is 32.0 Å². The van der Waals surface area contributed by atoms with Gasteiger partial charge in [0.05, 0.1) is 16.9 Å². The van der Waals surface area contributed by atoms with Gasteiger partial charge in [0.1, 0.15) is 11.6 Å². The fourth-order valence-corrected chi connectivity index (χ4v) is 3.41. The summed E-state index contributed by atoms with van der Waals surface area (Å²) in [5, 5.41) is 1.17. The highest BCUT2D eigenvalue weighted by atomic mass is 35.5. The van der Waals surface area contributed by atoms with Crippen LogP contribution in [0.2, 0.25) is 5.02 Å². The molecule has 1 aromatic heterocycles. The fourth-order valence-electron chi connectivity index (χ4n) is 3.28. The highest BCUT2D eigenvalue weighted by Crippen LogP contribution is 2.21. The molecule has 1 amide bonds. The largest absolute Gasteiger partial charge is 0.484 e. The van der Waals surface area contributed by atoms with E-state index in [1.165, 1.54) is 4.57 Å². The van der Waals surface area contributed by atoms with Crippen molar-refractivity contribution in [3.8, 4) is 5.75 Å². The number of para-hydroxylation sites is 1. The molecular weight excluding hydrogens is 390 g/mol. The van der Waals surface area contributed by atoms with Crippen LogP contribution >= 0.6 is 11.6 Å². The molecule has 0 radical (unpaired) electrons. The summed E-state index contributed by atoms with van der Waals surface area (Å²) in [5.41, 5.74) is 0.498. The smallest absolute Gasteiger partial charge is 0.261 e. The highest BCUT2D eigenvalue weighted by molar-refractivity contribution is 6.30. The van der Waals surface area contributed by atoms with E-state index in [0.29, 0.717) is 34.0 Å². The highest BCUT2D eigenvalue weighted by Gasteiger charge is 2.25. The summed E-state index contributed by atoms with van der Waals surface area (Å²) in [6.07, 6.45) is 0.776.